The van der Waals surface area contributed by atoms with E-state index in [0.29, 0.717) is 18.0 Å². The quantitative estimate of drug-likeness (QED) is 0.890. The first-order valence-corrected chi connectivity index (χ1v) is 7.29. The van der Waals surface area contributed by atoms with Crippen LogP contribution >= 0.6 is 11.3 Å². The van der Waals surface area contributed by atoms with Gasteiger partial charge in [-0.15, -0.1) is 11.3 Å². The van der Waals surface area contributed by atoms with Gasteiger partial charge < -0.3 is 10.4 Å². The van der Waals surface area contributed by atoms with E-state index in [-0.39, 0.29) is 12.3 Å². The monoisotopic (exact) mass is 282 g/mol. The lowest BCUT2D eigenvalue weighted by Gasteiger charge is -2.32. The summed E-state index contributed by atoms with van der Waals surface area (Å²) in [6, 6.07) is 0. The van der Waals surface area contributed by atoms with Gasteiger partial charge in [-0.1, -0.05) is 19.3 Å². The molecule has 1 aliphatic carbocycles. The molecule has 2 N–H and O–H groups in total. The molecule has 0 radical (unpaired) electrons. The number of thiazole rings is 1. The van der Waals surface area contributed by atoms with Crippen LogP contribution in [0.4, 0.5) is 5.13 Å². The zero-order valence-electron chi connectivity index (χ0n) is 10.9. The summed E-state index contributed by atoms with van der Waals surface area (Å²) < 4.78 is 0. The van der Waals surface area contributed by atoms with E-state index in [1.54, 1.807) is 6.20 Å². The van der Waals surface area contributed by atoms with Gasteiger partial charge in [0.05, 0.1) is 5.41 Å². The van der Waals surface area contributed by atoms with Crippen molar-refractivity contribution in [2.75, 3.05) is 5.32 Å². The largest absolute Gasteiger partial charge is 0.481 e. The van der Waals surface area contributed by atoms with Crippen molar-refractivity contribution in [1.82, 2.24) is 4.98 Å². The summed E-state index contributed by atoms with van der Waals surface area (Å²) in [6.45, 7) is 1.91. The number of carbonyl (C=O) groups is 2. The molecule has 0 spiro atoms. The number of nitrogens with zero attached hydrogens (tertiary/aromatic N) is 1. The van der Waals surface area contributed by atoms with Crippen molar-refractivity contribution in [1.29, 1.82) is 0 Å². The number of amides is 1. The molecule has 0 unspecified atom stereocenters. The van der Waals surface area contributed by atoms with Crippen LogP contribution < -0.4 is 5.32 Å². The van der Waals surface area contributed by atoms with Crippen LogP contribution in [-0.2, 0) is 9.59 Å². The smallest absolute Gasteiger partial charge is 0.310 e. The van der Waals surface area contributed by atoms with E-state index in [0.717, 1.165) is 24.1 Å². The van der Waals surface area contributed by atoms with Gasteiger partial charge in [0.25, 0.3) is 0 Å². The van der Waals surface area contributed by atoms with Gasteiger partial charge in [-0.25, -0.2) is 4.98 Å². The Bertz CT molecular complexity index is 478. The minimum atomic E-state index is -0.880. The van der Waals surface area contributed by atoms with Crippen molar-refractivity contribution >= 4 is 28.3 Å². The van der Waals surface area contributed by atoms with Gasteiger partial charge in [0.1, 0.15) is 0 Å². The van der Waals surface area contributed by atoms with Crippen molar-refractivity contribution in [3.63, 3.8) is 0 Å². The molecule has 0 saturated heterocycles. The predicted molar refractivity (Wildman–Crippen MR) is 73.3 cm³/mol. The van der Waals surface area contributed by atoms with Gasteiger partial charge in [-0.05, 0) is 19.8 Å². The molecule has 19 heavy (non-hydrogen) atoms. The number of aliphatic carboxylic acids is 1. The second-order valence-corrected chi connectivity index (χ2v) is 6.38. The molecule has 1 aliphatic rings. The maximum atomic E-state index is 12.0. The molecule has 1 heterocycles. The fourth-order valence-corrected chi connectivity index (χ4v) is 3.26. The van der Waals surface area contributed by atoms with E-state index >= 15 is 0 Å². The number of carboxylic acids is 1. The fraction of sp³-hybridized carbons (Fsp3) is 0.615. The van der Waals surface area contributed by atoms with Crippen LogP contribution in [0.25, 0.3) is 0 Å². The van der Waals surface area contributed by atoms with Crippen molar-refractivity contribution < 1.29 is 14.7 Å². The molecule has 0 atom stereocenters. The highest BCUT2D eigenvalue weighted by atomic mass is 32.1. The van der Waals surface area contributed by atoms with E-state index in [9.17, 15) is 14.7 Å². The number of nitrogens with one attached hydrogen (secondary N) is 1. The normalized spacial score (nSPS) is 17.9. The molecule has 104 valence electrons. The molecular formula is C13H18N2O3S. The Kier molecular flexibility index (Phi) is 4.19. The molecule has 1 fully saturated rings. The Morgan fingerprint density at radius 2 is 2.11 bits per heavy atom. The van der Waals surface area contributed by atoms with Crippen LogP contribution in [-0.4, -0.2) is 22.0 Å². The second kappa shape index (κ2) is 5.69. The highest BCUT2D eigenvalue weighted by molar-refractivity contribution is 7.15. The predicted octanol–water partition coefficient (Wildman–Crippen LogP) is 2.82. The Morgan fingerprint density at radius 1 is 1.42 bits per heavy atom. The summed E-state index contributed by atoms with van der Waals surface area (Å²) in [6.07, 6.45) is 5.74. The third-order valence-electron chi connectivity index (χ3n) is 3.63. The molecule has 0 bridgehead atoms. The minimum Gasteiger partial charge on any atom is -0.481 e. The molecule has 0 aliphatic heterocycles. The first-order valence-electron chi connectivity index (χ1n) is 6.47. The van der Waals surface area contributed by atoms with E-state index in [1.165, 1.54) is 11.3 Å². The van der Waals surface area contributed by atoms with Gasteiger partial charge in [-0.3, -0.25) is 9.59 Å². The number of carboxylic acid groups (broad SMARTS) is 1. The summed E-state index contributed by atoms with van der Waals surface area (Å²) in [7, 11) is 0. The zero-order valence-corrected chi connectivity index (χ0v) is 11.8. The topological polar surface area (TPSA) is 79.3 Å². The van der Waals surface area contributed by atoms with Crippen molar-refractivity contribution in [3.8, 4) is 0 Å². The van der Waals surface area contributed by atoms with Crippen LogP contribution in [0.2, 0.25) is 0 Å². The minimum absolute atomic E-state index is 0.0426. The van der Waals surface area contributed by atoms with Crippen LogP contribution in [0.1, 0.15) is 43.4 Å². The molecular weight excluding hydrogens is 264 g/mol. The molecule has 1 aromatic rings. The summed E-state index contributed by atoms with van der Waals surface area (Å²) in [5.74, 6) is -1.10. The Morgan fingerprint density at radius 3 is 2.63 bits per heavy atom. The van der Waals surface area contributed by atoms with E-state index < -0.39 is 11.4 Å². The van der Waals surface area contributed by atoms with Gasteiger partial charge in [0.15, 0.2) is 5.13 Å². The SMILES string of the molecule is Cc1cnc(NC(=O)CC2(C(=O)O)CCCCC2)s1. The van der Waals surface area contributed by atoms with E-state index in [1.807, 2.05) is 6.92 Å². The van der Waals surface area contributed by atoms with E-state index in [4.69, 9.17) is 0 Å². The first-order chi connectivity index (χ1) is 9.02. The van der Waals surface area contributed by atoms with Crippen molar-refractivity contribution in [3.05, 3.63) is 11.1 Å². The standard InChI is InChI=1S/C13H18N2O3S/c1-9-8-14-12(19-9)15-10(16)7-13(11(17)18)5-3-2-4-6-13/h8H,2-7H2,1H3,(H,17,18)(H,14,15,16). The second-order valence-electron chi connectivity index (χ2n) is 5.15. The number of carbonyl (C=O) groups excluding carboxylic acids is 1. The highest BCUT2D eigenvalue weighted by Gasteiger charge is 2.41. The lowest BCUT2D eigenvalue weighted by molar-refractivity contribution is -0.153. The maximum absolute atomic E-state index is 12.0. The molecule has 1 amide bonds. The van der Waals surface area contributed by atoms with Crippen LogP contribution in [0.15, 0.2) is 6.20 Å². The number of hydrogen-bond acceptors (Lipinski definition) is 4. The van der Waals surface area contributed by atoms with E-state index in [2.05, 4.69) is 10.3 Å². The molecule has 0 aromatic carbocycles. The third kappa shape index (κ3) is 3.32. The van der Waals surface area contributed by atoms with Crippen LogP contribution in [0, 0.1) is 12.3 Å². The number of anilines is 1. The lowest BCUT2D eigenvalue weighted by Crippen LogP contribution is -2.37. The number of rotatable bonds is 4. The molecule has 1 saturated carbocycles. The summed E-state index contributed by atoms with van der Waals surface area (Å²) in [5, 5.41) is 12.7. The Hall–Kier alpha value is -1.43. The number of aryl methyl sites for hydroxylation is 1. The van der Waals surface area contributed by atoms with Gasteiger partial charge in [0.2, 0.25) is 5.91 Å². The number of aromatic nitrogens is 1. The maximum Gasteiger partial charge on any atom is 0.310 e. The fourth-order valence-electron chi connectivity index (χ4n) is 2.58. The Labute approximate surface area is 116 Å². The van der Waals surface area contributed by atoms with Crippen LogP contribution in [0.3, 0.4) is 0 Å². The average Bonchev–Trinajstić information content (AvgIpc) is 2.75. The molecule has 6 heteroatoms. The number of hydrogen-bond donors (Lipinski definition) is 2. The van der Waals surface area contributed by atoms with Gasteiger partial charge in [-0.2, -0.15) is 0 Å². The molecule has 5 nitrogen and oxygen atoms in total. The van der Waals surface area contributed by atoms with Gasteiger partial charge in [0, 0.05) is 17.5 Å². The van der Waals surface area contributed by atoms with Crippen LogP contribution in [0.5, 0.6) is 0 Å². The van der Waals surface area contributed by atoms with Crippen molar-refractivity contribution in [2.24, 2.45) is 5.41 Å². The Balaban J connectivity index is 2.01. The summed E-state index contributed by atoms with van der Waals surface area (Å²) >= 11 is 1.39. The molecule has 2 rings (SSSR count). The summed E-state index contributed by atoms with van der Waals surface area (Å²) in [4.78, 5) is 28.5. The highest BCUT2D eigenvalue weighted by Crippen LogP contribution is 2.39. The zero-order chi connectivity index (χ0) is 13.9. The van der Waals surface area contributed by atoms with Crippen molar-refractivity contribution in [2.45, 2.75) is 45.4 Å². The molecule has 1 aromatic heterocycles. The summed E-state index contributed by atoms with van der Waals surface area (Å²) in [5.41, 5.74) is -0.880. The third-order valence-corrected chi connectivity index (χ3v) is 4.46. The first kappa shape index (κ1) is 14.0. The lowest BCUT2D eigenvalue weighted by atomic mass is 9.71. The van der Waals surface area contributed by atoms with Gasteiger partial charge >= 0.3 is 5.97 Å². The average molecular weight is 282 g/mol.